The molecule has 4 nitrogen and oxygen atoms in total. The number of rotatable bonds is 3. The Morgan fingerprint density at radius 3 is 2.82 bits per heavy atom. The van der Waals surface area contributed by atoms with E-state index in [4.69, 9.17) is 28.5 Å². The van der Waals surface area contributed by atoms with Crippen molar-refractivity contribution in [3.8, 4) is 6.07 Å². The molecule has 0 aliphatic heterocycles. The highest BCUT2D eigenvalue weighted by Crippen LogP contribution is 2.19. The summed E-state index contributed by atoms with van der Waals surface area (Å²) in [6.45, 7) is 1.78. The Morgan fingerprint density at radius 2 is 2.24 bits per heavy atom. The molecule has 0 aliphatic carbocycles. The number of nitrogens with zero attached hydrogens (tertiary/aromatic N) is 3. The van der Waals surface area contributed by atoms with Crippen molar-refractivity contribution in [1.29, 1.82) is 5.26 Å². The van der Waals surface area contributed by atoms with Gasteiger partial charge >= 0.3 is 0 Å². The molecule has 0 saturated heterocycles. The van der Waals surface area contributed by atoms with Gasteiger partial charge in [-0.1, -0.05) is 23.2 Å². The third-order valence-corrected chi connectivity index (χ3v) is 2.90. The third kappa shape index (κ3) is 3.32. The summed E-state index contributed by atoms with van der Waals surface area (Å²) in [5.41, 5.74) is 0.103. The van der Waals surface area contributed by atoms with Crippen molar-refractivity contribution < 1.29 is 4.79 Å². The lowest BCUT2D eigenvalue weighted by atomic mass is 10.2. The van der Waals surface area contributed by atoms with E-state index in [1.54, 1.807) is 14.0 Å². The molecule has 0 aromatic carbocycles. The summed E-state index contributed by atoms with van der Waals surface area (Å²) < 4.78 is 0. The first kappa shape index (κ1) is 13.8. The lowest BCUT2D eigenvalue weighted by Crippen LogP contribution is -2.35. The van der Waals surface area contributed by atoms with Gasteiger partial charge in [0.25, 0.3) is 5.91 Å². The highest BCUT2D eigenvalue weighted by atomic mass is 35.5. The van der Waals surface area contributed by atoms with Crippen LogP contribution in [0.3, 0.4) is 0 Å². The number of nitriles is 1. The quantitative estimate of drug-likeness (QED) is 0.795. The molecule has 17 heavy (non-hydrogen) atoms. The molecule has 90 valence electrons. The van der Waals surface area contributed by atoms with Crippen LogP contribution in [0.25, 0.3) is 0 Å². The lowest BCUT2D eigenvalue weighted by molar-refractivity contribution is 0.0740. The van der Waals surface area contributed by atoms with E-state index in [1.165, 1.54) is 17.0 Å². The minimum Gasteiger partial charge on any atom is -0.337 e. The zero-order valence-corrected chi connectivity index (χ0v) is 11.0. The predicted molar refractivity (Wildman–Crippen MR) is 66.0 cm³/mol. The molecule has 0 fully saturated rings. The fourth-order valence-corrected chi connectivity index (χ4v) is 1.54. The molecule has 1 amide bonds. The zero-order valence-electron chi connectivity index (χ0n) is 9.44. The average Bonchev–Trinajstić information content (AvgIpc) is 2.30. The van der Waals surface area contributed by atoms with Gasteiger partial charge in [-0.15, -0.1) is 0 Å². The molecule has 1 rings (SSSR count). The molecule has 0 aliphatic rings. The van der Waals surface area contributed by atoms with Crippen LogP contribution in [-0.4, -0.2) is 28.9 Å². The average molecular weight is 272 g/mol. The largest absolute Gasteiger partial charge is 0.337 e. The van der Waals surface area contributed by atoms with Gasteiger partial charge in [0.2, 0.25) is 0 Å². The highest BCUT2D eigenvalue weighted by Gasteiger charge is 2.21. The van der Waals surface area contributed by atoms with Crippen LogP contribution in [0.1, 0.15) is 23.8 Å². The third-order valence-electron chi connectivity index (χ3n) is 2.38. The van der Waals surface area contributed by atoms with Crippen molar-refractivity contribution in [3.63, 3.8) is 0 Å². The monoisotopic (exact) mass is 271 g/mol. The van der Waals surface area contributed by atoms with Crippen molar-refractivity contribution in [2.75, 3.05) is 7.05 Å². The van der Waals surface area contributed by atoms with Gasteiger partial charge in [-0.05, 0) is 19.1 Å². The summed E-state index contributed by atoms with van der Waals surface area (Å²) in [5, 5.41) is 9.04. The molecule has 1 aromatic rings. The van der Waals surface area contributed by atoms with Crippen LogP contribution in [0.15, 0.2) is 12.1 Å². The molecule has 0 bridgehead atoms. The van der Waals surface area contributed by atoms with Crippen LogP contribution in [0.2, 0.25) is 10.2 Å². The van der Waals surface area contributed by atoms with E-state index in [9.17, 15) is 4.79 Å². The first-order valence-corrected chi connectivity index (χ1v) is 5.69. The first-order valence-electron chi connectivity index (χ1n) is 4.93. The number of halogens is 2. The molecule has 0 saturated carbocycles. The van der Waals surface area contributed by atoms with Gasteiger partial charge in [0, 0.05) is 13.1 Å². The maximum Gasteiger partial charge on any atom is 0.274 e. The molecular weight excluding hydrogens is 261 g/mol. The van der Waals surface area contributed by atoms with Crippen molar-refractivity contribution in [2.45, 2.75) is 19.4 Å². The number of hydrogen-bond donors (Lipinski definition) is 0. The molecule has 1 aromatic heterocycles. The SMILES string of the molecule is C[C@H](CC#N)N(C)C(=O)c1nc(Cl)ccc1Cl. The van der Waals surface area contributed by atoms with E-state index in [1.807, 2.05) is 6.07 Å². The maximum absolute atomic E-state index is 12.0. The standard InChI is InChI=1S/C11H11Cl2N3O/c1-7(5-6-14)16(2)11(17)10-8(12)3-4-9(13)15-10/h3-4,7H,5H2,1-2H3/t7-/m1/s1. The summed E-state index contributed by atoms with van der Waals surface area (Å²) in [5.74, 6) is -0.347. The Morgan fingerprint density at radius 1 is 1.59 bits per heavy atom. The van der Waals surface area contributed by atoms with Crippen molar-refractivity contribution >= 4 is 29.1 Å². The molecule has 0 N–H and O–H groups in total. The van der Waals surface area contributed by atoms with Crippen LogP contribution in [0.4, 0.5) is 0 Å². The Kier molecular flexibility index (Phi) is 4.73. The number of hydrogen-bond acceptors (Lipinski definition) is 3. The molecule has 6 heteroatoms. The second kappa shape index (κ2) is 5.85. The number of pyridine rings is 1. The number of aromatic nitrogens is 1. The Hall–Kier alpha value is -1.31. The van der Waals surface area contributed by atoms with Crippen LogP contribution < -0.4 is 0 Å². The zero-order chi connectivity index (χ0) is 13.0. The Labute approximate surface area is 110 Å². The topological polar surface area (TPSA) is 57.0 Å². The fraction of sp³-hybridized carbons (Fsp3) is 0.364. The minimum absolute atomic E-state index is 0.103. The van der Waals surface area contributed by atoms with E-state index in [0.29, 0.717) is 0 Å². The summed E-state index contributed by atoms with van der Waals surface area (Å²) in [7, 11) is 1.60. The Balaban J connectivity index is 2.96. The van der Waals surface area contributed by atoms with E-state index in [2.05, 4.69) is 4.98 Å². The van der Waals surface area contributed by atoms with Gasteiger partial charge in [0.15, 0.2) is 0 Å². The first-order chi connectivity index (χ1) is 7.97. The second-order valence-corrected chi connectivity index (χ2v) is 4.39. The molecule has 0 spiro atoms. The van der Waals surface area contributed by atoms with Gasteiger partial charge in [-0.2, -0.15) is 5.26 Å². The normalized spacial score (nSPS) is 11.7. The van der Waals surface area contributed by atoms with E-state index >= 15 is 0 Å². The summed E-state index contributed by atoms with van der Waals surface area (Å²) in [6.07, 6.45) is 0.250. The van der Waals surface area contributed by atoms with Crippen LogP contribution >= 0.6 is 23.2 Å². The number of carbonyl (C=O) groups excluding carboxylic acids is 1. The van der Waals surface area contributed by atoms with Gasteiger partial charge in [-0.3, -0.25) is 4.79 Å². The van der Waals surface area contributed by atoms with E-state index in [-0.39, 0.29) is 34.2 Å². The minimum atomic E-state index is -0.347. The van der Waals surface area contributed by atoms with Gasteiger partial charge in [0.1, 0.15) is 10.8 Å². The van der Waals surface area contributed by atoms with Crippen molar-refractivity contribution in [1.82, 2.24) is 9.88 Å². The molecule has 1 heterocycles. The summed E-state index contributed by atoms with van der Waals surface area (Å²) in [4.78, 5) is 17.4. The second-order valence-electron chi connectivity index (χ2n) is 3.59. The predicted octanol–water partition coefficient (Wildman–Crippen LogP) is 2.76. The summed E-state index contributed by atoms with van der Waals surface area (Å²) in [6, 6.07) is 4.84. The maximum atomic E-state index is 12.0. The smallest absolute Gasteiger partial charge is 0.274 e. The van der Waals surface area contributed by atoms with Crippen LogP contribution in [-0.2, 0) is 0 Å². The molecular formula is C11H11Cl2N3O. The van der Waals surface area contributed by atoms with E-state index < -0.39 is 0 Å². The van der Waals surface area contributed by atoms with Crippen LogP contribution in [0.5, 0.6) is 0 Å². The Bertz CT molecular complexity index is 470. The van der Waals surface area contributed by atoms with E-state index in [0.717, 1.165) is 0 Å². The molecule has 0 unspecified atom stereocenters. The fourth-order valence-electron chi connectivity index (χ4n) is 1.20. The van der Waals surface area contributed by atoms with Crippen molar-refractivity contribution in [3.05, 3.63) is 28.0 Å². The lowest BCUT2D eigenvalue weighted by Gasteiger charge is -2.22. The van der Waals surface area contributed by atoms with Crippen molar-refractivity contribution in [2.24, 2.45) is 0 Å². The number of amides is 1. The van der Waals surface area contributed by atoms with Gasteiger partial charge in [0.05, 0.1) is 17.5 Å². The number of carbonyl (C=O) groups is 1. The van der Waals surface area contributed by atoms with Crippen LogP contribution in [0, 0.1) is 11.3 Å². The van der Waals surface area contributed by atoms with Gasteiger partial charge in [-0.25, -0.2) is 4.98 Å². The molecule has 1 atom stereocenters. The highest BCUT2D eigenvalue weighted by molar-refractivity contribution is 6.34. The summed E-state index contributed by atoms with van der Waals surface area (Å²) >= 11 is 11.6. The molecule has 0 radical (unpaired) electrons. The van der Waals surface area contributed by atoms with Gasteiger partial charge < -0.3 is 4.90 Å².